The highest BCUT2D eigenvalue weighted by atomic mass is 35.5. The second kappa shape index (κ2) is 6.96. The molecule has 0 aliphatic heterocycles. The van der Waals surface area contributed by atoms with Crippen LogP contribution in [0.1, 0.15) is 26.7 Å². The quantitative estimate of drug-likeness (QED) is 0.683. The summed E-state index contributed by atoms with van der Waals surface area (Å²) in [6, 6.07) is 7.58. The third-order valence-electron chi connectivity index (χ3n) is 3.70. The molecule has 1 aromatic carbocycles. The van der Waals surface area contributed by atoms with Gasteiger partial charge < -0.3 is 4.90 Å². The van der Waals surface area contributed by atoms with Crippen LogP contribution < -0.4 is 4.90 Å². The maximum absolute atomic E-state index is 5.97. The molecule has 0 unspecified atom stereocenters. The largest absolute Gasteiger partial charge is 0.356 e. The smallest absolute Gasteiger partial charge is 0.168 e. The summed E-state index contributed by atoms with van der Waals surface area (Å²) in [6.07, 6.45) is 5.62. The summed E-state index contributed by atoms with van der Waals surface area (Å²) in [5, 5.41) is 6.19. The number of anilines is 1. The molecule has 3 aromatic rings. The van der Waals surface area contributed by atoms with Gasteiger partial charge >= 0.3 is 0 Å². The van der Waals surface area contributed by atoms with Crippen LogP contribution in [0, 0.1) is 0 Å². The molecule has 0 aliphatic rings. The van der Waals surface area contributed by atoms with E-state index in [0.29, 0.717) is 5.02 Å². The SMILES string of the molecule is CCCN(CCC)c1ncnc2c1cnn2-c1ccc(Cl)cc1. The monoisotopic (exact) mass is 329 g/mol. The average molecular weight is 330 g/mol. The van der Waals surface area contributed by atoms with Gasteiger partial charge in [0.15, 0.2) is 5.65 Å². The van der Waals surface area contributed by atoms with Crippen LogP contribution in [0.15, 0.2) is 36.8 Å². The van der Waals surface area contributed by atoms with Crippen molar-refractivity contribution in [3.05, 3.63) is 41.8 Å². The minimum Gasteiger partial charge on any atom is -0.356 e. The van der Waals surface area contributed by atoms with Crippen LogP contribution in [0.4, 0.5) is 5.82 Å². The molecule has 0 amide bonds. The van der Waals surface area contributed by atoms with Crippen molar-refractivity contribution in [2.75, 3.05) is 18.0 Å². The van der Waals surface area contributed by atoms with Gasteiger partial charge in [-0.3, -0.25) is 0 Å². The molecule has 120 valence electrons. The fraction of sp³-hybridized carbons (Fsp3) is 0.353. The van der Waals surface area contributed by atoms with Crippen LogP contribution in [-0.4, -0.2) is 32.8 Å². The Morgan fingerprint density at radius 3 is 2.39 bits per heavy atom. The summed E-state index contributed by atoms with van der Waals surface area (Å²) in [5.74, 6) is 0.957. The van der Waals surface area contributed by atoms with Crippen LogP contribution in [0.3, 0.4) is 0 Å². The first-order chi connectivity index (χ1) is 11.2. The normalized spacial score (nSPS) is 11.1. The van der Waals surface area contributed by atoms with E-state index in [4.69, 9.17) is 11.6 Å². The van der Waals surface area contributed by atoms with E-state index < -0.39 is 0 Å². The number of hydrogen-bond acceptors (Lipinski definition) is 4. The maximum atomic E-state index is 5.97. The predicted molar refractivity (Wildman–Crippen MR) is 94.5 cm³/mol. The number of hydrogen-bond donors (Lipinski definition) is 0. The van der Waals surface area contributed by atoms with E-state index >= 15 is 0 Å². The van der Waals surface area contributed by atoms with Crippen molar-refractivity contribution in [3.8, 4) is 5.69 Å². The van der Waals surface area contributed by atoms with Gasteiger partial charge in [0.25, 0.3) is 0 Å². The summed E-state index contributed by atoms with van der Waals surface area (Å²) in [4.78, 5) is 11.2. The maximum Gasteiger partial charge on any atom is 0.168 e. The third kappa shape index (κ3) is 3.15. The molecule has 0 radical (unpaired) electrons. The lowest BCUT2D eigenvalue weighted by Crippen LogP contribution is -2.26. The second-order valence-electron chi connectivity index (χ2n) is 5.45. The van der Waals surface area contributed by atoms with Crippen LogP contribution in [0.25, 0.3) is 16.7 Å². The first kappa shape index (κ1) is 15.7. The first-order valence-corrected chi connectivity index (χ1v) is 8.32. The number of rotatable bonds is 6. The van der Waals surface area contributed by atoms with Crippen LogP contribution >= 0.6 is 11.6 Å². The number of fused-ring (bicyclic) bond motifs is 1. The summed E-state index contributed by atoms with van der Waals surface area (Å²) in [5.41, 5.74) is 1.75. The van der Waals surface area contributed by atoms with E-state index in [1.54, 1.807) is 6.33 Å². The zero-order valence-corrected chi connectivity index (χ0v) is 14.2. The molecule has 0 aliphatic carbocycles. The topological polar surface area (TPSA) is 46.8 Å². The van der Waals surface area contributed by atoms with Gasteiger partial charge in [-0.25, -0.2) is 14.6 Å². The van der Waals surface area contributed by atoms with E-state index in [9.17, 15) is 0 Å². The van der Waals surface area contributed by atoms with Gasteiger partial charge in [0, 0.05) is 18.1 Å². The van der Waals surface area contributed by atoms with Crippen molar-refractivity contribution in [2.45, 2.75) is 26.7 Å². The fourth-order valence-electron chi connectivity index (χ4n) is 2.72. The number of halogens is 1. The van der Waals surface area contributed by atoms with Gasteiger partial charge in [-0.05, 0) is 37.1 Å². The van der Waals surface area contributed by atoms with E-state index in [-0.39, 0.29) is 0 Å². The Kier molecular flexibility index (Phi) is 4.76. The fourth-order valence-corrected chi connectivity index (χ4v) is 2.84. The van der Waals surface area contributed by atoms with Gasteiger partial charge in [0.2, 0.25) is 0 Å². The molecule has 0 spiro atoms. The van der Waals surface area contributed by atoms with Gasteiger partial charge in [0.1, 0.15) is 12.1 Å². The molecule has 23 heavy (non-hydrogen) atoms. The van der Waals surface area contributed by atoms with Crippen molar-refractivity contribution >= 4 is 28.5 Å². The highest BCUT2D eigenvalue weighted by Crippen LogP contribution is 2.25. The number of benzene rings is 1. The molecule has 5 nitrogen and oxygen atoms in total. The molecule has 2 aromatic heterocycles. The van der Waals surface area contributed by atoms with Crippen molar-refractivity contribution in [2.24, 2.45) is 0 Å². The van der Waals surface area contributed by atoms with Crippen molar-refractivity contribution in [3.63, 3.8) is 0 Å². The predicted octanol–water partition coefficient (Wildman–Crippen LogP) is 4.10. The molecule has 0 fully saturated rings. The molecule has 2 heterocycles. The molecule has 0 saturated heterocycles. The highest BCUT2D eigenvalue weighted by molar-refractivity contribution is 6.30. The van der Waals surface area contributed by atoms with Crippen molar-refractivity contribution < 1.29 is 0 Å². The van der Waals surface area contributed by atoms with Gasteiger partial charge in [-0.2, -0.15) is 5.10 Å². The number of nitrogens with zero attached hydrogens (tertiary/aromatic N) is 5. The zero-order valence-electron chi connectivity index (χ0n) is 13.4. The van der Waals surface area contributed by atoms with Crippen molar-refractivity contribution in [1.82, 2.24) is 19.7 Å². The second-order valence-corrected chi connectivity index (χ2v) is 5.89. The molecule has 3 rings (SSSR count). The lowest BCUT2D eigenvalue weighted by Gasteiger charge is -2.22. The van der Waals surface area contributed by atoms with Crippen molar-refractivity contribution in [1.29, 1.82) is 0 Å². The Hall–Kier alpha value is -2.14. The Labute approximate surface area is 140 Å². The zero-order chi connectivity index (χ0) is 16.2. The summed E-state index contributed by atoms with van der Waals surface area (Å²) < 4.78 is 1.83. The lowest BCUT2D eigenvalue weighted by atomic mass is 10.3. The molecule has 0 N–H and O–H groups in total. The minimum atomic E-state index is 0.706. The minimum absolute atomic E-state index is 0.706. The lowest BCUT2D eigenvalue weighted by molar-refractivity contribution is 0.736. The van der Waals surface area contributed by atoms with Crippen LogP contribution in [0.2, 0.25) is 5.02 Å². The first-order valence-electron chi connectivity index (χ1n) is 7.94. The standard InChI is InChI=1S/C17H20ClN5/c1-3-9-22(10-4-2)16-15-11-21-23(17(15)20-12-19-16)14-7-5-13(18)6-8-14/h5-8,11-12H,3-4,9-10H2,1-2H3. The highest BCUT2D eigenvalue weighted by Gasteiger charge is 2.15. The number of aromatic nitrogens is 4. The van der Waals surface area contributed by atoms with Crippen LogP contribution in [0.5, 0.6) is 0 Å². The van der Waals surface area contributed by atoms with Crippen LogP contribution in [-0.2, 0) is 0 Å². The third-order valence-corrected chi connectivity index (χ3v) is 3.95. The Balaban J connectivity index is 2.08. The molecule has 0 atom stereocenters. The molecule has 6 heteroatoms. The average Bonchev–Trinajstić information content (AvgIpc) is 2.99. The Morgan fingerprint density at radius 2 is 1.74 bits per heavy atom. The van der Waals surface area contributed by atoms with E-state index in [1.807, 2.05) is 35.1 Å². The summed E-state index contributed by atoms with van der Waals surface area (Å²) in [7, 11) is 0. The van der Waals surface area contributed by atoms with E-state index in [1.165, 1.54) is 0 Å². The molecular weight excluding hydrogens is 310 g/mol. The summed E-state index contributed by atoms with van der Waals surface area (Å²) in [6.45, 7) is 6.31. The van der Waals surface area contributed by atoms with Gasteiger partial charge in [-0.1, -0.05) is 25.4 Å². The molecular formula is C17H20ClN5. The molecule has 0 bridgehead atoms. The molecule has 0 saturated carbocycles. The van der Waals surface area contributed by atoms with Gasteiger partial charge in [-0.15, -0.1) is 0 Å². The van der Waals surface area contributed by atoms with Gasteiger partial charge in [0.05, 0.1) is 17.3 Å². The van der Waals surface area contributed by atoms with E-state index in [2.05, 4.69) is 33.8 Å². The summed E-state index contributed by atoms with van der Waals surface area (Å²) >= 11 is 5.97. The Morgan fingerprint density at radius 1 is 1.04 bits per heavy atom. The van der Waals surface area contributed by atoms with E-state index in [0.717, 1.165) is 48.5 Å². The Bertz CT molecular complexity index is 775.